The lowest BCUT2D eigenvalue weighted by Crippen LogP contribution is -2.49. The van der Waals surface area contributed by atoms with E-state index in [4.69, 9.17) is 14.0 Å². The summed E-state index contributed by atoms with van der Waals surface area (Å²) < 4.78 is 16.0. The molecule has 0 bridgehead atoms. The molecule has 2 heterocycles. The predicted octanol–water partition coefficient (Wildman–Crippen LogP) is 2.44. The summed E-state index contributed by atoms with van der Waals surface area (Å²) >= 11 is 0. The number of hydrogen-bond acceptors (Lipinski definition) is 6. The van der Waals surface area contributed by atoms with Gasteiger partial charge in [-0.2, -0.15) is 0 Å². The van der Waals surface area contributed by atoms with Crippen LogP contribution >= 0.6 is 0 Å². The fourth-order valence-corrected chi connectivity index (χ4v) is 3.08. The third kappa shape index (κ3) is 3.94. The minimum absolute atomic E-state index is 0.0385. The number of amides is 1. The molecule has 1 amide bonds. The average Bonchev–Trinajstić information content (AvgIpc) is 3.01. The van der Waals surface area contributed by atoms with E-state index >= 15 is 0 Å². The largest absolute Gasteiger partial charge is 0.452 e. The van der Waals surface area contributed by atoms with Gasteiger partial charge in [0.1, 0.15) is 17.0 Å². The first-order valence-corrected chi connectivity index (χ1v) is 8.57. The minimum Gasteiger partial charge on any atom is -0.452 e. The first-order valence-electron chi connectivity index (χ1n) is 8.57. The number of nitrogens with zero attached hydrogens (tertiary/aromatic N) is 2. The topological polar surface area (TPSA) is 81.9 Å². The Morgan fingerprint density at radius 3 is 2.50 bits per heavy atom. The molecule has 26 heavy (non-hydrogen) atoms. The third-order valence-corrected chi connectivity index (χ3v) is 4.21. The van der Waals surface area contributed by atoms with Crippen LogP contribution in [0.2, 0.25) is 0 Å². The molecule has 2 aromatic rings. The quantitative estimate of drug-likeness (QED) is 0.781. The second-order valence-corrected chi connectivity index (χ2v) is 6.46. The van der Waals surface area contributed by atoms with Crippen LogP contribution in [0.15, 0.2) is 34.9 Å². The van der Waals surface area contributed by atoms with Gasteiger partial charge in [0.15, 0.2) is 6.61 Å². The Morgan fingerprint density at radius 1 is 1.19 bits per heavy atom. The number of carbonyl (C=O) groups is 2. The minimum atomic E-state index is -0.620. The van der Waals surface area contributed by atoms with E-state index in [0.29, 0.717) is 24.5 Å². The number of hydrogen-bond donors (Lipinski definition) is 0. The van der Waals surface area contributed by atoms with E-state index in [1.54, 1.807) is 11.8 Å². The summed E-state index contributed by atoms with van der Waals surface area (Å²) in [7, 11) is 0. The molecule has 138 valence electrons. The Morgan fingerprint density at radius 2 is 1.85 bits per heavy atom. The molecule has 0 aliphatic carbocycles. The zero-order valence-corrected chi connectivity index (χ0v) is 15.1. The van der Waals surface area contributed by atoms with Crippen molar-refractivity contribution in [1.29, 1.82) is 0 Å². The van der Waals surface area contributed by atoms with Gasteiger partial charge in [-0.3, -0.25) is 4.79 Å². The lowest BCUT2D eigenvalue weighted by molar-refractivity contribution is -0.146. The summed E-state index contributed by atoms with van der Waals surface area (Å²) in [5, 5.41) is 3.96. The van der Waals surface area contributed by atoms with Gasteiger partial charge in [-0.05, 0) is 20.8 Å². The summed E-state index contributed by atoms with van der Waals surface area (Å²) in [6.45, 7) is 6.12. The van der Waals surface area contributed by atoms with Crippen LogP contribution in [-0.2, 0) is 14.3 Å². The van der Waals surface area contributed by atoms with Crippen LogP contribution in [0.3, 0.4) is 0 Å². The second kappa shape index (κ2) is 7.70. The van der Waals surface area contributed by atoms with E-state index in [-0.39, 0.29) is 30.3 Å². The molecule has 2 unspecified atom stereocenters. The Bertz CT molecular complexity index is 776. The monoisotopic (exact) mass is 358 g/mol. The fourth-order valence-electron chi connectivity index (χ4n) is 3.08. The van der Waals surface area contributed by atoms with Crippen molar-refractivity contribution in [3.05, 3.63) is 41.7 Å². The Balaban J connectivity index is 1.68. The molecule has 1 aliphatic heterocycles. The van der Waals surface area contributed by atoms with E-state index in [0.717, 1.165) is 5.56 Å². The van der Waals surface area contributed by atoms with E-state index < -0.39 is 5.97 Å². The van der Waals surface area contributed by atoms with Gasteiger partial charge in [0, 0.05) is 18.7 Å². The van der Waals surface area contributed by atoms with Crippen LogP contribution in [0.25, 0.3) is 11.3 Å². The highest BCUT2D eigenvalue weighted by molar-refractivity contribution is 5.98. The van der Waals surface area contributed by atoms with Gasteiger partial charge in [0.05, 0.1) is 12.2 Å². The molecule has 2 atom stereocenters. The molecule has 0 radical (unpaired) electrons. The van der Waals surface area contributed by atoms with Crippen LogP contribution in [0.4, 0.5) is 0 Å². The van der Waals surface area contributed by atoms with Gasteiger partial charge in [-0.15, -0.1) is 0 Å². The number of benzene rings is 1. The number of aromatic nitrogens is 1. The number of aryl methyl sites for hydroxylation is 1. The highest BCUT2D eigenvalue weighted by Crippen LogP contribution is 2.25. The summed E-state index contributed by atoms with van der Waals surface area (Å²) in [5.41, 5.74) is 1.40. The normalized spacial score (nSPS) is 20.0. The molecule has 1 aromatic carbocycles. The number of rotatable bonds is 4. The zero-order chi connectivity index (χ0) is 18.7. The van der Waals surface area contributed by atoms with Crippen LogP contribution in [-0.4, -0.2) is 53.8 Å². The molecule has 3 rings (SSSR count). The summed E-state index contributed by atoms with van der Waals surface area (Å²) in [4.78, 5) is 26.5. The standard InChI is InChI=1S/C19H22N2O5/c1-12-9-21(10-13(2)25-12)16(22)11-24-19(23)17-14(3)26-20-18(17)15-7-5-4-6-8-15/h4-8,12-13H,9-11H2,1-3H3. The zero-order valence-electron chi connectivity index (χ0n) is 15.1. The van der Waals surface area contributed by atoms with Crippen LogP contribution in [0.1, 0.15) is 30.0 Å². The van der Waals surface area contributed by atoms with Crippen molar-refractivity contribution in [2.75, 3.05) is 19.7 Å². The Hall–Kier alpha value is -2.67. The molecule has 1 aromatic heterocycles. The summed E-state index contributed by atoms with van der Waals surface area (Å²) in [6.07, 6.45) is -0.0770. The van der Waals surface area contributed by atoms with Gasteiger partial charge < -0.3 is 18.9 Å². The lowest BCUT2D eigenvalue weighted by Gasteiger charge is -2.35. The van der Waals surface area contributed by atoms with E-state index in [1.165, 1.54) is 0 Å². The average molecular weight is 358 g/mol. The highest BCUT2D eigenvalue weighted by atomic mass is 16.5. The van der Waals surface area contributed by atoms with Gasteiger partial charge >= 0.3 is 5.97 Å². The summed E-state index contributed by atoms with van der Waals surface area (Å²) in [5.74, 6) is -0.504. The maximum Gasteiger partial charge on any atom is 0.344 e. The van der Waals surface area contributed by atoms with Gasteiger partial charge in [0.25, 0.3) is 5.91 Å². The van der Waals surface area contributed by atoms with Gasteiger partial charge in [-0.1, -0.05) is 35.5 Å². The number of morpholine rings is 1. The molecular weight excluding hydrogens is 336 g/mol. The molecule has 0 saturated carbocycles. The van der Waals surface area contributed by atoms with Gasteiger partial charge in [-0.25, -0.2) is 4.79 Å². The van der Waals surface area contributed by atoms with E-state index in [2.05, 4.69) is 5.16 Å². The van der Waals surface area contributed by atoms with Crippen molar-refractivity contribution in [2.24, 2.45) is 0 Å². The van der Waals surface area contributed by atoms with Crippen molar-refractivity contribution in [3.63, 3.8) is 0 Å². The van der Waals surface area contributed by atoms with Crippen molar-refractivity contribution in [1.82, 2.24) is 10.1 Å². The predicted molar refractivity (Wildman–Crippen MR) is 93.5 cm³/mol. The van der Waals surface area contributed by atoms with Crippen molar-refractivity contribution in [3.8, 4) is 11.3 Å². The third-order valence-electron chi connectivity index (χ3n) is 4.21. The van der Waals surface area contributed by atoms with Crippen molar-refractivity contribution < 1.29 is 23.6 Å². The number of carbonyl (C=O) groups excluding carboxylic acids is 2. The Kier molecular flexibility index (Phi) is 5.37. The number of ether oxygens (including phenoxy) is 2. The summed E-state index contributed by atoms with van der Waals surface area (Å²) in [6, 6.07) is 9.22. The molecule has 0 N–H and O–H groups in total. The van der Waals surface area contributed by atoms with Crippen LogP contribution < -0.4 is 0 Å². The van der Waals surface area contributed by atoms with Gasteiger partial charge in [0.2, 0.25) is 0 Å². The first kappa shape index (κ1) is 18.1. The molecule has 1 aliphatic rings. The molecule has 0 spiro atoms. The molecule has 1 saturated heterocycles. The fraction of sp³-hybridized carbons (Fsp3) is 0.421. The maximum atomic E-state index is 12.5. The van der Waals surface area contributed by atoms with Crippen molar-refractivity contribution >= 4 is 11.9 Å². The smallest absolute Gasteiger partial charge is 0.344 e. The molecular formula is C19H22N2O5. The molecule has 7 nitrogen and oxygen atoms in total. The molecule has 1 fully saturated rings. The highest BCUT2D eigenvalue weighted by Gasteiger charge is 2.28. The molecule has 7 heteroatoms. The van der Waals surface area contributed by atoms with E-state index in [1.807, 2.05) is 44.2 Å². The second-order valence-electron chi connectivity index (χ2n) is 6.46. The van der Waals surface area contributed by atoms with Crippen LogP contribution in [0.5, 0.6) is 0 Å². The lowest BCUT2D eigenvalue weighted by atomic mass is 10.1. The van der Waals surface area contributed by atoms with Crippen molar-refractivity contribution in [2.45, 2.75) is 33.0 Å². The first-order chi connectivity index (χ1) is 12.5. The number of esters is 1. The maximum absolute atomic E-state index is 12.5. The SMILES string of the molecule is Cc1onc(-c2ccccc2)c1C(=O)OCC(=O)N1CC(C)OC(C)C1. The Labute approximate surface area is 151 Å². The van der Waals surface area contributed by atoms with E-state index in [9.17, 15) is 9.59 Å². The van der Waals surface area contributed by atoms with Crippen LogP contribution in [0, 0.1) is 6.92 Å².